The Hall–Kier alpha value is -9.52. The summed E-state index contributed by atoms with van der Waals surface area (Å²) in [5.41, 5.74) is 25.8. The van der Waals surface area contributed by atoms with E-state index >= 15 is 0 Å². The zero-order chi connectivity index (χ0) is 68.1. The number of ether oxygens (including phenoxy) is 5. The number of benzene rings is 4. The van der Waals surface area contributed by atoms with E-state index in [1.807, 2.05) is 30.3 Å². The summed E-state index contributed by atoms with van der Waals surface area (Å²) in [6, 6.07) is 37.6. The molecule has 1 saturated heterocycles. The number of pyridine rings is 1. The zero-order valence-corrected chi connectivity index (χ0v) is 53.8. The molecule has 0 radical (unpaired) electrons. The fourth-order valence-electron chi connectivity index (χ4n) is 10.4. The normalized spacial score (nSPS) is 16.9. The van der Waals surface area contributed by atoms with Crippen molar-refractivity contribution < 1.29 is 75.3 Å². The van der Waals surface area contributed by atoms with Gasteiger partial charge in [-0.2, -0.15) is 8.88 Å². The molecule has 0 aliphatic carbocycles. The average Bonchev–Trinajstić information content (AvgIpc) is 1.59. The highest BCUT2D eigenvalue weighted by molar-refractivity contribution is 7.60. The van der Waals surface area contributed by atoms with E-state index in [4.69, 9.17) is 44.5 Å². The molecule has 0 saturated carbocycles. The molecule has 2 aliphatic heterocycles. The van der Waals surface area contributed by atoms with E-state index in [-0.39, 0.29) is 80.5 Å². The molecule has 5 atom stereocenters. The molecule has 95 heavy (non-hydrogen) atoms. The molecule has 498 valence electrons. The second kappa shape index (κ2) is 33.5. The quantitative estimate of drug-likeness (QED) is 0.00438. The zero-order valence-electron chi connectivity index (χ0n) is 52.1. The van der Waals surface area contributed by atoms with Gasteiger partial charge in [0.25, 0.3) is 11.5 Å². The number of aryl methyl sites for hydroxylation is 2. The molecule has 0 spiro atoms. The summed E-state index contributed by atoms with van der Waals surface area (Å²) in [5, 5.41) is 14.9. The lowest BCUT2D eigenvalue weighted by molar-refractivity contribution is -0.700. The minimum absolute atomic E-state index is 0.120. The third-order valence-electron chi connectivity index (χ3n) is 14.8. The van der Waals surface area contributed by atoms with Gasteiger partial charge in [-0.05, 0) is 70.2 Å². The summed E-state index contributed by atoms with van der Waals surface area (Å²) in [6.45, 7) is 7.14. The lowest BCUT2D eigenvalue weighted by atomic mass is 9.83. The smallest absolute Gasteiger partial charge is 0.481 e. The fourth-order valence-corrected chi connectivity index (χ4v) is 12.0. The van der Waals surface area contributed by atoms with Crippen LogP contribution in [0.25, 0.3) is 27.0 Å². The summed E-state index contributed by atoms with van der Waals surface area (Å²) in [6.07, 6.45) is 2.79. The number of aromatic nitrogens is 3. The van der Waals surface area contributed by atoms with Crippen LogP contribution in [0.15, 0.2) is 159 Å². The van der Waals surface area contributed by atoms with Crippen molar-refractivity contribution in [3.63, 3.8) is 0 Å². The van der Waals surface area contributed by atoms with Crippen molar-refractivity contribution in [1.82, 2.24) is 25.5 Å². The molecule has 7 N–H and O–H groups in total. The second-order valence-corrected chi connectivity index (χ2v) is 24.8. The molecule has 4 aromatic carbocycles. The number of H-pyrrole nitrogens is 1. The van der Waals surface area contributed by atoms with Gasteiger partial charge in [0.1, 0.15) is 43.6 Å². The number of phosphoric ester groups is 1. The van der Waals surface area contributed by atoms with Crippen molar-refractivity contribution in [3.05, 3.63) is 226 Å². The van der Waals surface area contributed by atoms with E-state index in [0.717, 1.165) is 44.5 Å². The van der Waals surface area contributed by atoms with Gasteiger partial charge in [0.05, 0.1) is 38.9 Å². The molecule has 8 rings (SSSR count). The van der Waals surface area contributed by atoms with Crippen molar-refractivity contribution in [1.29, 1.82) is 0 Å². The number of hydrogen-bond donors (Lipinski definition) is 7. The van der Waals surface area contributed by atoms with Gasteiger partial charge in [-0.15, -0.1) is 0 Å². The first-order valence-corrected chi connectivity index (χ1v) is 32.6. The molecule has 2 aliphatic rings. The first-order chi connectivity index (χ1) is 45.5. The molecule has 4 heterocycles. The predicted octanol–water partition coefficient (Wildman–Crippen LogP) is 6.99. The van der Waals surface area contributed by atoms with Crippen molar-refractivity contribution in [2.75, 3.05) is 64.3 Å². The number of rotatable bonds is 31. The summed E-state index contributed by atoms with van der Waals surface area (Å²) >= 11 is 0. The van der Waals surface area contributed by atoms with Crippen LogP contribution >= 0.6 is 15.6 Å². The van der Waals surface area contributed by atoms with Crippen LogP contribution in [0.5, 0.6) is 5.75 Å². The Labute approximate surface area is 544 Å². The number of amides is 3. The summed E-state index contributed by atoms with van der Waals surface area (Å²) in [4.78, 5) is 101. The average molecular weight is 1340 g/mol. The molecule has 30 nitrogen and oxygen atoms in total. The van der Waals surface area contributed by atoms with E-state index in [1.54, 1.807) is 18.2 Å². The van der Waals surface area contributed by atoms with Crippen LogP contribution in [0.1, 0.15) is 76.1 Å². The van der Waals surface area contributed by atoms with Gasteiger partial charge in [-0.3, -0.25) is 33.3 Å². The number of nitrogens with one attached hydrogen (secondary N) is 4. The van der Waals surface area contributed by atoms with Gasteiger partial charge in [-0.25, -0.2) is 13.9 Å². The largest absolute Gasteiger partial charge is 0.491 e. The standard InChI is InChI=1S/C63H69N13O17P2/c1-42-31-46(13-10-21-55-63(3,4)51-19-8-9-20-52(51)76(55)49-16-6-5-7-17-49)32-43(2)74(42)36-45-24-22-44(23-25-45)33-56(77)67-27-28-68-60(79)47-14-11-18-50(34-47)89-40-58(71-73-65)88-30-29-87-39-57(78)66-26-12-15-48-37-75(62(81)70-61(48)80)59-35-53(90-41-69-72-64)54(92-59)38-91-95(85,86)93-94(82,83)84/h5-11,13-14,16-25,31-32,34,37,53-54,58-59H,26-30,33,35-36,38-41H2,1-4H3,(H6-,66,67,68,70,77,78,79,80,81,82,83,84,85,86)/p+1. The van der Waals surface area contributed by atoms with Crippen LogP contribution in [-0.2, 0) is 64.9 Å². The Bertz CT molecular complexity index is 4170. The summed E-state index contributed by atoms with van der Waals surface area (Å²) in [7, 11) is -10.8. The van der Waals surface area contributed by atoms with E-state index in [0.29, 0.717) is 6.54 Å². The maximum atomic E-state index is 13.1. The molecule has 5 unspecified atom stereocenters. The Morgan fingerprint density at radius 1 is 0.895 bits per heavy atom. The highest BCUT2D eigenvalue weighted by atomic mass is 31.3. The molecular weight excluding hydrogens is 1270 g/mol. The lowest BCUT2D eigenvalue weighted by Gasteiger charge is -2.27. The maximum absolute atomic E-state index is 13.1. The van der Waals surface area contributed by atoms with Gasteiger partial charge in [0, 0.05) is 95.1 Å². The third-order valence-corrected chi connectivity index (χ3v) is 17.0. The highest BCUT2D eigenvalue weighted by Gasteiger charge is 2.42. The number of phosphoric acid groups is 2. The number of para-hydroxylation sites is 2. The number of nitrogens with zero attached hydrogens (tertiary/aromatic N) is 9. The fraction of sp³-hybridized carbons (Fsp3) is 0.333. The highest BCUT2D eigenvalue weighted by Crippen LogP contribution is 2.58. The second-order valence-electron chi connectivity index (χ2n) is 22.0. The van der Waals surface area contributed by atoms with E-state index in [1.165, 1.54) is 23.0 Å². The van der Waals surface area contributed by atoms with Crippen molar-refractivity contribution in [3.8, 4) is 17.6 Å². The van der Waals surface area contributed by atoms with Gasteiger partial charge < -0.3 is 59.2 Å². The minimum Gasteiger partial charge on any atom is -0.491 e. The van der Waals surface area contributed by atoms with Crippen LogP contribution in [0.2, 0.25) is 0 Å². The first-order valence-electron chi connectivity index (χ1n) is 29.6. The molecule has 2 aromatic heterocycles. The topological polar surface area (TPSA) is 406 Å². The van der Waals surface area contributed by atoms with Crippen LogP contribution in [0, 0.1) is 25.7 Å². The Morgan fingerprint density at radius 2 is 1.62 bits per heavy atom. The van der Waals surface area contributed by atoms with Crippen LogP contribution in [-0.4, -0.2) is 120 Å². The predicted molar refractivity (Wildman–Crippen MR) is 345 cm³/mol. The Kier molecular flexibility index (Phi) is 25.2. The lowest BCUT2D eigenvalue weighted by Crippen LogP contribution is -2.40. The molecular formula is C63H70N13O17P2+. The Balaban J connectivity index is 0.711. The molecule has 32 heteroatoms. The van der Waals surface area contributed by atoms with E-state index in [2.05, 4.69) is 178 Å². The number of fused-ring (bicyclic) bond motifs is 1. The van der Waals surface area contributed by atoms with Crippen LogP contribution < -0.4 is 41.4 Å². The Morgan fingerprint density at radius 3 is 2.36 bits per heavy atom. The SMILES string of the molecule is Cc1cc(C=CC=C2N(c3ccccc3)c3ccccc3C2(C)C)cc(C)[n+]1Cc1ccc(CC(=O)NCCNC(=O)c2cccc(OCC(N=[N+]=[N-])OCCOCC(=O)NCC#Cc3cn(C4CC(OCN=[N+]=[N-])C(COP(=O)(O)OP(=O)(O)O)O4)c(=O)[nH]c3=O)c2)cc1. The number of aromatic amines is 1. The monoisotopic (exact) mass is 1340 g/mol. The number of anilines is 2. The van der Waals surface area contributed by atoms with Gasteiger partial charge in [0.15, 0.2) is 24.2 Å². The summed E-state index contributed by atoms with van der Waals surface area (Å²) in [5.74, 6) is 4.13. The van der Waals surface area contributed by atoms with Crippen molar-refractivity contribution in [2.45, 2.75) is 77.2 Å². The number of azide groups is 2. The number of hydrogen-bond acceptors (Lipinski definition) is 17. The first kappa shape index (κ1) is 71.3. The van der Waals surface area contributed by atoms with E-state index < -0.39 is 83.3 Å². The van der Waals surface area contributed by atoms with Gasteiger partial charge in [0.2, 0.25) is 11.8 Å². The van der Waals surface area contributed by atoms with Crippen LogP contribution in [0.3, 0.4) is 0 Å². The minimum atomic E-state index is -5.45. The number of carbonyl (C=O) groups excluding carboxylic acids is 3. The third kappa shape index (κ3) is 20.7. The van der Waals surface area contributed by atoms with Crippen LogP contribution in [0.4, 0.5) is 11.4 Å². The molecule has 3 amide bonds. The molecule has 6 aromatic rings. The molecule has 1 fully saturated rings. The van der Waals surface area contributed by atoms with Crippen molar-refractivity contribution >= 4 is 50.8 Å². The van der Waals surface area contributed by atoms with Crippen molar-refractivity contribution in [2.24, 2.45) is 10.2 Å². The number of allylic oxidation sites excluding steroid dienone is 3. The van der Waals surface area contributed by atoms with Gasteiger partial charge in [-0.1, -0.05) is 115 Å². The maximum Gasteiger partial charge on any atom is 0.481 e. The molecule has 0 bridgehead atoms. The summed E-state index contributed by atoms with van der Waals surface area (Å²) < 4.78 is 62.5. The van der Waals surface area contributed by atoms with Gasteiger partial charge >= 0.3 is 21.3 Å². The van der Waals surface area contributed by atoms with E-state index in [9.17, 15) is 38.0 Å². The number of carbonyl (C=O) groups is 3.